The Morgan fingerprint density at radius 1 is 1.32 bits per heavy atom. The van der Waals surface area contributed by atoms with E-state index in [2.05, 4.69) is 10.1 Å². The fraction of sp³-hybridized carbons (Fsp3) is 0.188. The minimum Gasteiger partial charge on any atom is -0.361 e. The van der Waals surface area contributed by atoms with Gasteiger partial charge in [0, 0.05) is 18.5 Å². The van der Waals surface area contributed by atoms with E-state index in [0.717, 1.165) is 5.39 Å². The molecule has 112 valence electrons. The molecule has 2 heterocycles. The minimum atomic E-state index is -0.275. The first-order valence-electron chi connectivity index (χ1n) is 6.84. The van der Waals surface area contributed by atoms with E-state index in [4.69, 9.17) is 4.52 Å². The van der Waals surface area contributed by atoms with Gasteiger partial charge >= 0.3 is 0 Å². The number of hydrogen-bond acceptors (Lipinski definition) is 4. The van der Waals surface area contributed by atoms with Gasteiger partial charge in [-0.3, -0.25) is 9.59 Å². The third-order valence-electron chi connectivity index (χ3n) is 3.41. The monoisotopic (exact) mass is 297 g/mol. The highest BCUT2D eigenvalue weighted by molar-refractivity contribution is 5.96. The van der Waals surface area contributed by atoms with Crippen LogP contribution in [0.2, 0.25) is 0 Å². The van der Waals surface area contributed by atoms with Gasteiger partial charge in [-0.25, -0.2) is 0 Å². The molecule has 0 aliphatic heterocycles. The average Bonchev–Trinajstić information content (AvgIpc) is 2.91. The van der Waals surface area contributed by atoms with Crippen molar-refractivity contribution < 1.29 is 9.32 Å². The van der Waals surface area contributed by atoms with Gasteiger partial charge in [-0.2, -0.15) is 0 Å². The van der Waals surface area contributed by atoms with Crippen molar-refractivity contribution in [3.63, 3.8) is 0 Å². The second kappa shape index (κ2) is 5.48. The SMILES string of the molecule is Cc1cc(CN(C)C(=O)c2cc3ccccc3c(=O)[nH]2)no1. The van der Waals surface area contributed by atoms with Gasteiger partial charge in [-0.15, -0.1) is 0 Å². The third-order valence-corrected chi connectivity index (χ3v) is 3.41. The van der Waals surface area contributed by atoms with Gasteiger partial charge in [0.05, 0.1) is 6.54 Å². The lowest BCUT2D eigenvalue weighted by atomic mass is 10.1. The van der Waals surface area contributed by atoms with E-state index in [-0.39, 0.29) is 17.2 Å². The fourth-order valence-electron chi connectivity index (χ4n) is 2.34. The molecule has 0 fully saturated rings. The van der Waals surface area contributed by atoms with Gasteiger partial charge in [-0.05, 0) is 24.4 Å². The molecule has 0 bridgehead atoms. The Bertz CT molecular complexity index is 895. The minimum absolute atomic E-state index is 0.256. The van der Waals surface area contributed by atoms with Crippen molar-refractivity contribution in [1.82, 2.24) is 15.0 Å². The number of fused-ring (bicyclic) bond motifs is 1. The van der Waals surface area contributed by atoms with Crippen molar-refractivity contribution in [2.45, 2.75) is 13.5 Å². The smallest absolute Gasteiger partial charge is 0.270 e. The Morgan fingerprint density at radius 3 is 2.82 bits per heavy atom. The van der Waals surface area contributed by atoms with Crippen molar-refractivity contribution in [2.75, 3.05) is 7.05 Å². The molecule has 6 heteroatoms. The Hall–Kier alpha value is -2.89. The molecule has 0 saturated heterocycles. The van der Waals surface area contributed by atoms with Crippen molar-refractivity contribution in [3.05, 3.63) is 63.9 Å². The molecule has 6 nitrogen and oxygen atoms in total. The molecule has 3 aromatic rings. The normalized spacial score (nSPS) is 10.8. The number of nitrogens with zero attached hydrogens (tertiary/aromatic N) is 2. The summed E-state index contributed by atoms with van der Waals surface area (Å²) >= 11 is 0. The first kappa shape index (κ1) is 14.1. The number of carbonyl (C=O) groups is 1. The summed E-state index contributed by atoms with van der Waals surface area (Å²) in [6.45, 7) is 2.10. The molecule has 1 N–H and O–H groups in total. The van der Waals surface area contributed by atoms with Gasteiger partial charge in [0.1, 0.15) is 17.1 Å². The zero-order valence-electron chi connectivity index (χ0n) is 12.3. The summed E-state index contributed by atoms with van der Waals surface area (Å²) in [4.78, 5) is 28.6. The van der Waals surface area contributed by atoms with Crippen LogP contribution in [0.15, 0.2) is 45.7 Å². The van der Waals surface area contributed by atoms with Crippen molar-refractivity contribution in [2.24, 2.45) is 0 Å². The molecule has 0 aliphatic rings. The van der Waals surface area contributed by atoms with Crippen molar-refractivity contribution in [1.29, 1.82) is 0 Å². The number of hydrogen-bond donors (Lipinski definition) is 1. The predicted molar refractivity (Wildman–Crippen MR) is 81.6 cm³/mol. The highest BCUT2D eigenvalue weighted by Gasteiger charge is 2.16. The second-order valence-electron chi connectivity index (χ2n) is 5.19. The van der Waals surface area contributed by atoms with Gasteiger partial charge in [0.2, 0.25) is 0 Å². The van der Waals surface area contributed by atoms with Crippen LogP contribution in [0.25, 0.3) is 10.8 Å². The summed E-state index contributed by atoms with van der Waals surface area (Å²) in [6.07, 6.45) is 0. The summed E-state index contributed by atoms with van der Waals surface area (Å²) in [5.41, 5.74) is 0.648. The molecular weight excluding hydrogens is 282 g/mol. The number of benzene rings is 1. The maximum atomic E-state index is 12.4. The number of rotatable bonds is 3. The largest absolute Gasteiger partial charge is 0.361 e. The molecule has 1 aromatic carbocycles. The standard InChI is InChI=1S/C16H15N3O3/c1-10-7-12(18-22-10)9-19(2)16(21)14-8-11-5-3-4-6-13(11)15(20)17-14/h3-8H,9H2,1-2H3,(H,17,20). The number of aryl methyl sites for hydroxylation is 1. The first-order valence-corrected chi connectivity index (χ1v) is 6.84. The highest BCUT2D eigenvalue weighted by atomic mass is 16.5. The summed E-state index contributed by atoms with van der Waals surface area (Å²) in [5.74, 6) is 0.415. The van der Waals surface area contributed by atoms with Crippen LogP contribution in [0.3, 0.4) is 0 Å². The Balaban J connectivity index is 1.89. The van der Waals surface area contributed by atoms with E-state index in [0.29, 0.717) is 23.4 Å². The molecule has 1 amide bonds. The number of nitrogens with one attached hydrogen (secondary N) is 1. The van der Waals surface area contributed by atoms with Gasteiger partial charge < -0.3 is 14.4 Å². The number of carbonyl (C=O) groups excluding carboxylic acids is 1. The van der Waals surface area contributed by atoms with Crippen molar-refractivity contribution >= 4 is 16.7 Å². The van der Waals surface area contributed by atoms with Crippen molar-refractivity contribution in [3.8, 4) is 0 Å². The topological polar surface area (TPSA) is 79.2 Å². The predicted octanol–water partition coefficient (Wildman–Crippen LogP) is 2.10. The lowest BCUT2D eigenvalue weighted by Gasteiger charge is -2.15. The second-order valence-corrected chi connectivity index (χ2v) is 5.19. The van der Waals surface area contributed by atoms with E-state index in [9.17, 15) is 9.59 Å². The van der Waals surface area contributed by atoms with E-state index in [1.54, 1.807) is 38.2 Å². The molecule has 3 rings (SSSR count). The van der Waals surface area contributed by atoms with E-state index >= 15 is 0 Å². The van der Waals surface area contributed by atoms with E-state index in [1.165, 1.54) is 4.90 Å². The molecule has 2 aromatic heterocycles. The molecule has 0 radical (unpaired) electrons. The Labute approximate surface area is 126 Å². The highest BCUT2D eigenvalue weighted by Crippen LogP contribution is 2.12. The molecule has 0 spiro atoms. The molecular formula is C16H15N3O3. The maximum absolute atomic E-state index is 12.4. The molecule has 0 unspecified atom stereocenters. The molecule has 0 saturated carbocycles. The van der Waals surface area contributed by atoms with Crippen LogP contribution >= 0.6 is 0 Å². The molecule has 0 atom stereocenters. The quantitative estimate of drug-likeness (QED) is 0.803. The lowest BCUT2D eigenvalue weighted by Crippen LogP contribution is -2.28. The lowest BCUT2D eigenvalue weighted by molar-refractivity contribution is 0.0776. The van der Waals surface area contributed by atoms with Crippen LogP contribution < -0.4 is 5.56 Å². The number of aromatic amines is 1. The van der Waals surface area contributed by atoms with Gasteiger partial charge in [-0.1, -0.05) is 23.4 Å². The third kappa shape index (κ3) is 2.63. The maximum Gasteiger partial charge on any atom is 0.270 e. The number of amides is 1. The van der Waals surface area contributed by atoms with Crippen LogP contribution in [-0.4, -0.2) is 28.0 Å². The summed E-state index contributed by atoms with van der Waals surface area (Å²) < 4.78 is 4.98. The fourth-order valence-corrected chi connectivity index (χ4v) is 2.34. The molecule has 0 aliphatic carbocycles. The van der Waals surface area contributed by atoms with Crippen LogP contribution in [0.1, 0.15) is 21.9 Å². The average molecular weight is 297 g/mol. The number of H-pyrrole nitrogens is 1. The summed E-state index contributed by atoms with van der Waals surface area (Å²) in [7, 11) is 1.65. The van der Waals surface area contributed by atoms with Crippen LogP contribution in [0, 0.1) is 6.92 Å². The zero-order valence-corrected chi connectivity index (χ0v) is 12.3. The Morgan fingerprint density at radius 2 is 2.09 bits per heavy atom. The first-order chi connectivity index (χ1) is 10.5. The number of aromatic nitrogens is 2. The number of pyridine rings is 1. The van der Waals surface area contributed by atoms with Crippen LogP contribution in [-0.2, 0) is 6.54 Å². The van der Waals surface area contributed by atoms with Crippen LogP contribution in [0.4, 0.5) is 0 Å². The van der Waals surface area contributed by atoms with Gasteiger partial charge in [0.25, 0.3) is 11.5 Å². The van der Waals surface area contributed by atoms with Gasteiger partial charge in [0.15, 0.2) is 0 Å². The van der Waals surface area contributed by atoms with E-state index < -0.39 is 0 Å². The zero-order chi connectivity index (χ0) is 15.7. The summed E-state index contributed by atoms with van der Waals surface area (Å²) in [6, 6.07) is 10.6. The van der Waals surface area contributed by atoms with Crippen LogP contribution in [0.5, 0.6) is 0 Å². The molecule has 22 heavy (non-hydrogen) atoms. The summed E-state index contributed by atoms with van der Waals surface area (Å²) in [5, 5.41) is 5.16. The Kier molecular flexibility index (Phi) is 3.50. The van der Waals surface area contributed by atoms with E-state index in [1.807, 2.05) is 12.1 Å².